The van der Waals surface area contributed by atoms with Crippen molar-refractivity contribution < 1.29 is 9.59 Å². The van der Waals surface area contributed by atoms with E-state index in [1.807, 2.05) is 23.5 Å². The first-order valence-electron chi connectivity index (χ1n) is 10.9. The van der Waals surface area contributed by atoms with Gasteiger partial charge in [0.2, 0.25) is 11.8 Å². The number of nitrogens with one attached hydrogen (secondary N) is 1. The lowest BCUT2D eigenvalue weighted by atomic mass is 9.95. The van der Waals surface area contributed by atoms with Gasteiger partial charge in [0, 0.05) is 47.2 Å². The number of nitrogens with zero attached hydrogens (tertiary/aromatic N) is 2. The van der Waals surface area contributed by atoms with Gasteiger partial charge in [0.25, 0.3) is 0 Å². The molecule has 0 radical (unpaired) electrons. The predicted octanol–water partition coefficient (Wildman–Crippen LogP) is 4.07. The minimum absolute atomic E-state index is 0.00570. The Hall–Kier alpha value is -2.41. The summed E-state index contributed by atoms with van der Waals surface area (Å²) < 4.78 is 1.28. The molecule has 2 aliphatic rings. The molecule has 2 aromatic carbocycles. The number of fused-ring (bicyclic) bond motifs is 2. The zero-order valence-electron chi connectivity index (χ0n) is 18.2. The lowest BCUT2D eigenvalue weighted by molar-refractivity contribution is -0.157. The minimum atomic E-state index is -0.828. The number of hydrogen-bond donors (Lipinski definition) is 1. The molecule has 0 spiro atoms. The Morgan fingerprint density at radius 2 is 1.84 bits per heavy atom. The van der Waals surface area contributed by atoms with Crippen LogP contribution < -0.4 is 5.32 Å². The lowest BCUT2D eigenvalue weighted by Crippen LogP contribution is -2.72. The molecule has 32 heavy (non-hydrogen) atoms. The largest absolute Gasteiger partial charge is 0.340 e. The fraction of sp³-hybridized carbons (Fsp3) is 0.360. The molecule has 1 unspecified atom stereocenters. The Bertz CT molecular complexity index is 1190. The molecule has 1 N–H and O–H groups in total. The number of piperazine rings is 2. The number of carbonyl (C=O) groups is 2. The highest BCUT2D eigenvalue weighted by Crippen LogP contribution is 2.35. The van der Waals surface area contributed by atoms with Gasteiger partial charge in [-0.3, -0.25) is 14.5 Å². The van der Waals surface area contributed by atoms with Crippen LogP contribution in [0.15, 0.2) is 48.5 Å². The average molecular weight is 468 g/mol. The Balaban J connectivity index is 1.41. The van der Waals surface area contributed by atoms with Gasteiger partial charge in [-0.2, -0.15) is 0 Å². The molecule has 1 atom stereocenters. The van der Waals surface area contributed by atoms with Crippen LogP contribution in [-0.4, -0.2) is 52.8 Å². The van der Waals surface area contributed by atoms with E-state index in [2.05, 4.69) is 46.6 Å². The quantitative estimate of drug-likeness (QED) is 0.629. The first-order chi connectivity index (χ1) is 15.3. The second-order valence-electron chi connectivity index (χ2n) is 9.17. The second-order valence-corrected chi connectivity index (χ2v) is 10.7. The molecule has 0 bridgehead atoms. The van der Waals surface area contributed by atoms with Crippen molar-refractivity contribution in [3.8, 4) is 0 Å². The molecular weight excluding hydrogens is 442 g/mol. The van der Waals surface area contributed by atoms with Crippen LogP contribution in [0.5, 0.6) is 0 Å². The number of benzene rings is 2. The summed E-state index contributed by atoms with van der Waals surface area (Å²) in [5.41, 5.74) is 1.72. The average Bonchev–Trinajstić information content (AvgIpc) is 3.10. The molecule has 3 heterocycles. The number of carbonyl (C=O) groups excluding carboxylic acids is 2. The Kier molecular flexibility index (Phi) is 5.48. The van der Waals surface area contributed by atoms with Crippen molar-refractivity contribution in [1.82, 2.24) is 15.1 Å². The summed E-state index contributed by atoms with van der Waals surface area (Å²) >= 11 is 7.90. The van der Waals surface area contributed by atoms with Gasteiger partial charge in [-0.25, -0.2) is 0 Å². The lowest BCUT2D eigenvalue weighted by Gasteiger charge is -2.47. The zero-order chi connectivity index (χ0) is 22.5. The van der Waals surface area contributed by atoms with Crippen molar-refractivity contribution in [3.63, 3.8) is 0 Å². The van der Waals surface area contributed by atoms with Crippen molar-refractivity contribution in [2.45, 2.75) is 38.4 Å². The molecule has 0 aliphatic carbocycles. The summed E-state index contributed by atoms with van der Waals surface area (Å²) in [6.45, 7) is 6.21. The first-order valence-corrected chi connectivity index (χ1v) is 12.1. The van der Waals surface area contributed by atoms with E-state index in [9.17, 15) is 9.59 Å². The number of thiophene rings is 1. The van der Waals surface area contributed by atoms with Gasteiger partial charge in [-0.05, 0) is 48.6 Å². The fourth-order valence-electron chi connectivity index (χ4n) is 4.73. The maximum absolute atomic E-state index is 12.8. The molecule has 166 valence electrons. The third kappa shape index (κ3) is 3.91. The Morgan fingerprint density at radius 3 is 2.62 bits per heavy atom. The zero-order valence-corrected chi connectivity index (χ0v) is 19.8. The van der Waals surface area contributed by atoms with E-state index in [1.165, 1.54) is 26.1 Å². The molecular formula is C25H26ClN3O2S. The van der Waals surface area contributed by atoms with Gasteiger partial charge in [-0.15, -0.1) is 11.3 Å². The van der Waals surface area contributed by atoms with Crippen LogP contribution in [0.2, 0.25) is 5.02 Å². The van der Waals surface area contributed by atoms with Gasteiger partial charge in [0.15, 0.2) is 0 Å². The van der Waals surface area contributed by atoms with Gasteiger partial charge in [0.1, 0.15) is 11.6 Å². The molecule has 3 aromatic rings. The second kappa shape index (κ2) is 8.18. The molecule has 0 saturated carbocycles. The van der Waals surface area contributed by atoms with E-state index in [4.69, 9.17) is 11.6 Å². The number of amides is 2. The van der Waals surface area contributed by atoms with E-state index >= 15 is 0 Å². The maximum Gasteiger partial charge on any atom is 0.248 e. The van der Waals surface area contributed by atoms with E-state index in [0.29, 0.717) is 13.1 Å². The Morgan fingerprint density at radius 1 is 1.09 bits per heavy atom. The third-order valence-corrected chi connectivity index (χ3v) is 7.90. The first kappa shape index (κ1) is 21.4. The van der Waals surface area contributed by atoms with Crippen LogP contribution in [0, 0.1) is 0 Å². The summed E-state index contributed by atoms with van der Waals surface area (Å²) in [4.78, 5) is 30.9. The standard InChI is InChI=1S/C25H26ClN3O2S/c1-25(2)24(31)29-12-11-28(15-20(29)23(30)27-25)14-19-18-5-3-4-6-21(18)32-22(19)13-16-7-9-17(26)10-8-16/h3-10,20H,11-15H2,1-2H3,(H,27,30). The molecule has 2 saturated heterocycles. The van der Waals surface area contributed by atoms with Gasteiger partial charge in [-0.1, -0.05) is 41.9 Å². The smallest absolute Gasteiger partial charge is 0.248 e. The highest BCUT2D eigenvalue weighted by Gasteiger charge is 2.47. The van der Waals surface area contributed by atoms with Crippen molar-refractivity contribution in [1.29, 1.82) is 0 Å². The monoisotopic (exact) mass is 467 g/mol. The minimum Gasteiger partial charge on any atom is -0.340 e. The van der Waals surface area contributed by atoms with E-state index < -0.39 is 11.6 Å². The highest BCUT2D eigenvalue weighted by atomic mass is 35.5. The van der Waals surface area contributed by atoms with Crippen molar-refractivity contribution in [3.05, 3.63) is 69.6 Å². The van der Waals surface area contributed by atoms with Crippen LogP contribution in [-0.2, 0) is 22.6 Å². The van der Waals surface area contributed by atoms with Crippen LogP contribution in [0.4, 0.5) is 0 Å². The SMILES string of the molecule is CC1(C)NC(=O)C2CN(Cc3c(Cc4ccc(Cl)cc4)sc4ccccc34)CCN2C1=O. The fourth-order valence-corrected chi connectivity index (χ4v) is 6.11. The number of halogens is 1. The molecule has 1 aromatic heterocycles. The Labute approximate surface area is 197 Å². The van der Waals surface area contributed by atoms with Crippen LogP contribution in [0.1, 0.15) is 29.9 Å². The topological polar surface area (TPSA) is 52.7 Å². The summed E-state index contributed by atoms with van der Waals surface area (Å²) in [6.07, 6.45) is 0.850. The number of rotatable bonds is 4. The van der Waals surface area contributed by atoms with Gasteiger partial charge in [0.05, 0.1) is 0 Å². The molecule has 2 aliphatic heterocycles. The van der Waals surface area contributed by atoms with Crippen molar-refractivity contribution in [2.75, 3.05) is 19.6 Å². The number of hydrogen-bond acceptors (Lipinski definition) is 4. The van der Waals surface area contributed by atoms with E-state index in [-0.39, 0.29) is 11.8 Å². The van der Waals surface area contributed by atoms with Gasteiger partial charge < -0.3 is 10.2 Å². The van der Waals surface area contributed by atoms with Crippen molar-refractivity contribution >= 4 is 44.8 Å². The normalized spacial score (nSPS) is 21.0. The summed E-state index contributed by atoms with van der Waals surface area (Å²) in [5, 5.41) is 4.91. The summed E-state index contributed by atoms with van der Waals surface area (Å²) in [7, 11) is 0. The van der Waals surface area contributed by atoms with E-state index in [0.717, 1.165) is 24.5 Å². The summed E-state index contributed by atoms with van der Waals surface area (Å²) in [6, 6.07) is 16.1. The highest BCUT2D eigenvalue weighted by molar-refractivity contribution is 7.19. The maximum atomic E-state index is 12.8. The van der Waals surface area contributed by atoms with Crippen LogP contribution in [0.25, 0.3) is 10.1 Å². The van der Waals surface area contributed by atoms with Crippen molar-refractivity contribution in [2.24, 2.45) is 0 Å². The molecule has 2 amide bonds. The van der Waals surface area contributed by atoms with E-state index in [1.54, 1.807) is 18.7 Å². The summed E-state index contributed by atoms with van der Waals surface area (Å²) in [5.74, 6) is -0.0537. The molecule has 5 nitrogen and oxygen atoms in total. The third-order valence-electron chi connectivity index (χ3n) is 6.44. The molecule has 2 fully saturated rings. The van der Waals surface area contributed by atoms with Crippen LogP contribution in [0.3, 0.4) is 0 Å². The molecule has 5 rings (SSSR count). The molecule has 7 heteroatoms. The van der Waals surface area contributed by atoms with Gasteiger partial charge >= 0.3 is 0 Å². The van der Waals surface area contributed by atoms with Crippen LogP contribution >= 0.6 is 22.9 Å². The predicted molar refractivity (Wildman–Crippen MR) is 129 cm³/mol.